The maximum atomic E-state index is 11.9. The average Bonchev–Trinajstić information content (AvgIpc) is 2.45. The first-order valence-electron chi connectivity index (χ1n) is 6.40. The third-order valence-electron chi connectivity index (χ3n) is 2.94. The number of carbonyl (C=O) groups excluding carboxylic acids is 2. The second kappa shape index (κ2) is 5.78. The lowest BCUT2D eigenvalue weighted by Gasteiger charge is -2.12. The van der Waals surface area contributed by atoms with Gasteiger partial charge in [-0.2, -0.15) is 0 Å². The largest absolute Gasteiger partial charge is 0.460 e. The number of esters is 1. The molecule has 0 saturated carbocycles. The van der Waals surface area contributed by atoms with Crippen LogP contribution in [0.5, 0.6) is 0 Å². The molecule has 0 amide bonds. The number of carbonyl (C=O) groups is 2. The van der Waals surface area contributed by atoms with Gasteiger partial charge in [0.1, 0.15) is 11.1 Å². The zero-order chi connectivity index (χ0) is 15.6. The highest BCUT2D eigenvalue weighted by molar-refractivity contribution is 6.40. The third-order valence-corrected chi connectivity index (χ3v) is 2.94. The summed E-state index contributed by atoms with van der Waals surface area (Å²) in [4.78, 5) is 37.0. The predicted octanol–water partition coefficient (Wildman–Crippen LogP) is 1.60. The van der Waals surface area contributed by atoms with Crippen LogP contribution in [0.15, 0.2) is 33.5 Å². The Labute approximate surface area is 120 Å². The number of fused-ring (bicyclic) bond motifs is 1. The van der Waals surface area contributed by atoms with Crippen molar-refractivity contribution in [2.24, 2.45) is 0 Å². The highest BCUT2D eigenvalue weighted by Gasteiger charge is 2.22. The molecule has 0 atom stereocenters. The van der Waals surface area contributed by atoms with Gasteiger partial charge in [-0.1, -0.05) is 0 Å². The van der Waals surface area contributed by atoms with Gasteiger partial charge in [-0.3, -0.25) is 4.79 Å². The zero-order valence-electron chi connectivity index (χ0n) is 12.0. The summed E-state index contributed by atoms with van der Waals surface area (Å²) in [6.07, 6.45) is 0. The lowest BCUT2D eigenvalue weighted by molar-refractivity contribution is -0.137. The second-order valence-corrected chi connectivity index (χ2v) is 4.61. The summed E-state index contributed by atoms with van der Waals surface area (Å²) in [7, 11) is 3.72. The number of Topliss-reactive ketones (excluding diaryl/α,β-unsaturated/α-hetero) is 1. The molecule has 1 heterocycles. The molecule has 1 aromatic carbocycles. The summed E-state index contributed by atoms with van der Waals surface area (Å²) in [5.41, 5.74) is 0.0386. The fraction of sp³-hybridized carbons (Fsp3) is 0.267. The standard InChI is InChI=1S/C15H15NO5/c1-4-20-15(19)13(17)11-7-9-5-6-10(16(2)3)8-12(9)21-14(11)18/h5-8H,4H2,1-3H3. The quantitative estimate of drug-likeness (QED) is 0.368. The molecule has 6 nitrogen and oxygen atoms in total. The molecule has 0 fully saturated rings. The molecule has 110 valence electrons. The van der Waals surface area contributed by atoms with Gasteiger partial charge in [0, 0.05) is 31.2 Å². The van der Waals surface area contributed by atoms with Crippen LogP contribution >= 0.6 is 0 Å². The van der Waals surface area contributed by atoms with Crippen molar-refractivity contribution in [3.8, 4) is 0 Å². The molecule has 0 N–H and O–H groups in total. The first-order chi connectivity index (χ1) is 9.93. The van der Waals surface area contributed by atoms with E-state index in [1.165, 1.54) is 6.07 Å². The molecule has 2 aromatic rings. The van der Waals surface area contributed by atoms with Crippen LogP contribution in [0, 0.1) is 0 Å². The first-order valence-corrected chi connectivity index (χ1v) is 6.40. The third kappa shape index (κ3) is 2.94. The molecule has 2 rings (SSSR count). The minimum Gasteiger partial charge on any atom is -0.460 e. The van der Waals surface area contributed by atoms with E-state index in [1.54, 1.807) is 19.1 Å². The van der Waals surface area contributed by atoms with E-state index in [4.69, 9.17) is 4.42 Å². The number of benzene rings is 1. The van der Waals surface area contributed by atoms with Crippen LogP contribution in [0.4, 0.5) is 5.69 Å². The average molecular weight is 289 g/mol. The molecule has 0 radical (unpaired) electrons. The normalized spacial score (nSPS) is 10.4. The van der Waals surface area contributed by atoms with Crippen molar-refractivity contribution >= 4 is 28.4 Å². The molecule has 0 bridgehead atoms. The predicted molar refractivity (Wildman–Crippen MR) is 77.8 cm³/mol. The monoisotopic (exact) mass is 289 g/mol. The van der Waals surface area contributed by atoms with Crippen molar-refractivity contribution in [1.29, 1.82) is 0 Å². The highest BCUT2D eigenvalue weighted by Crippen LogP contribution is 2.20. The second-order valence-electron chi connectivity index (χ2n) is 4.61. The number of ketones is 1. The van der Waals surface area contributed by atoms with Crippen LogP contribution in [0.2, 0.25) is 0 Å². The van der Waals surface area contributed by atoms with E-state index in [-0.39, 0.29) is 12.2 Å². The molecule has 0 spiro atoms. The van der Waals surface area contributed by atoms with Gasteiger partial charge < -0.3 is 14.1 Å². The topological polar surface area (TPSA) is 76.8 Å². The van der Waals surface area contributed by atoms with Crippen molar-refractivity contribution < 1.29 is 18.7 Å². The number of ether oxygens (including phenoxy) is 1. The van der Waals surface area contributed by atoms with Crippen molar-refractivity contribution in [2.75, 3.05) is 25.6 Å². The Morgan fingerprint density at radius 1 is 1.24 bits per heavy atom. The van der Waals surface area contributed by atoms with Gasteiger partial charge in [-0.25, -0.2) is 9.59 Å². The number of nitrogens with zero attached hydrogens (tertiary/aromatic N) is 1. The molecule has 6 heteroatoms. The fourth-order valence-corrected chi connectivity index (χ4v) is 1.84. The van der Waals surface area contributed by atoms with Gasteiger partial charge in [0.2, 0.25) is 0 Å². The summed E-state index contributed by atoms with van der Waals surface area (Å²) in [6, 6.07) is 6.58. The first kappa shape index (κ1) is 14.8. The Morgan fingerprint density at radius 3 is 2.57 bits per heavy atom. The maximum Gasteiger partial charge on any atom is 0.379 e. The number of rotatable bonds is 4. The fourth-order valence-electron chi connectivity index (χ4n) is 1.84. The summed E-state index contributed by atoms with van der Waals surface area (Å²) >= 11 is 0. The van der Waals surface area contributed by atoms with Crippen LogP contribution in [-0.4, -0.2) is 32.5 Å². The smallest absolute Gasteiger partial charge is 0.379 e. The van der Waals surface area contributed by atoms with E-state index in [9.17, 15) is 14.4 Å². The summed E-state index contributed by atoms with van der Waals surface area (Å²) in [5, 5.41) is 0.563. The summed E-state index contributed by atoms with van der Waals surface area (Å²) in [6.45, 7) is 1.65. The minimum atomic E-state index is -1.06. The van der Waals surface area contributed by atoms with Gasteiger partial charge in [0.05, 0.1) is 6.61 Å². The number of hydrogen-bond acceptors (Lipinski definition) is 6. The van der Waals surface area contributed by atoms with Gasteiger partial charge in [-0.05, 0) is 25.1 Å². The molecule has 0 aliphatic rings. The molecule has 21 heavy (non-hydrogen) atoms. The van der Waals surface area contributed by atoms with E-state index < -0.39 is 17.4 Å². The minimum absolute atomic E-state index is 0.0652. The molecular formula is C15H15NO5. The van der Waals surface area contributed by atoms with E-state index in [0.717, 1.165) is 5.69 Å². The van der Waals surface area contributed by atoms with Crippen LogP contribution in [0.1, 0.15) is 17.3 Å². The number of hydrogen-bond donors (Lipinski definition) is 0. The Kier molecular flexibility index (Phi) is 4.07. The highest BCUT2D eigenvalue weighted by atomic mass is 16.5. The van der Waals surface area contributed by atoms with Crippen molar-refractivity contribution in [1.82, 2.24) is 0 Å². The van der Waals surface area contributed by atoms with Crippen LogP contribution in [-0.2, 0) is 9.53 Å². The zero-order valence-corrected chi connectivity index (χ0v) is 12.0. The lowest BCUT2D eigenvalue weighted by atomic mass is 10.1. The lowest BCUT2D eigenvalue weighted by Crippen LogP contribution is -2.23. The SMILES string of the molecule is CCOC(=O)C(=O)c1cc2ccc(N(C)C)cc2oc1=O. The molecule has 0 aliphatic carbocycles. The molecule has 1 aromatic heterocycles. The molecule has 0 aliphatic heterocycles. The molecule has 0 unspecified atom stereocenters. The van der Waals surface area contributed by atoms with Gasteiger partial charge in [0.25, 0.3) is 5.78 Å². The van der Waals surface area contributed by atoms with Crippen LogP contribution in [0.25, 0.3) is 11.0 Å². The van der Waals surface area contributed by atoms with Crippen LogP contribution < -0.4 is 10.5 Å². The van der Waals surface area contributed by atoms with Gasteiger partial charge in [-0.15, -0.1) is 0 Å². The van der Waals surface area contributed by atoms with E-state index in [2.05, 4.69) is 4.74 Å². The van der Waals surface area contributed by atoms with E-state index in [0.29, 0.717) is 11.0 Å². The Bertz CT molecular complexity index is 760. The summed E-state index contributed by atoms with van der Waals surface area (Å²) in [5.74, 6) is -2.06. The van der Waals surface area contributed by atoms with E-state index in [1.807, 2.05) is 25.1 Å². The van der Waals surface area contributed by atoms with Crippen molar-refractivity contribution in [3.63, 3.8) is 0 Å². The van der Waals surface area contributed by atoms with E-state index >= 15 is 0 Å². The molecular weight excluding hydrogens is 274 g/mol. The Balaban J connectivity index is 2.51. The Morgan fingerprint density at radius 2 is 1.95 bits per heavy atom. The van der Waals surface area contributed by atoms with Crippen LogP contribution in [0.3, 0.4) is 0 Å². The van der Waals surface area contributed by atoms with Crippen molar-refractivity contribution in [3.05, 3.63) is 40.2 Å². The molecule has 0 saturated heterocycles. The Hall–Kier alpha value is -2.63. The van der Waals surface area contributed by atoms with Crippen molar-refractivity contribution in [2.45, 2.75) is 6.92 Å². The van der Waals surface area contributed by atoms with Gasteiger partial charge in [0.15, 0.2) is 0 Å². The summed E-state index contributed by atoms with van der Waals surface area (Å²) < 4.78 is 9.72. The maximum absolute atomic E-state index is 11.9. The number of anilines is 1. The van der Waals surface area contributed by atoms with Gasteiger partial charge >= 0.3 is 11.6 Å².